The fourth-order valence-corrected chi connectivity index (χ4v) is 2.15. The monoisotopic (exact) mass is 280 g/mol. The van der Waals surface area contributed by atoms with Crippen LogP contribution in [0.4, 0.5) is 5.69 Å². The number of anilines is 1. The van der Waals surface area contributed by atoms with E-state index in [2.05, 4.69) is 9.72 Å². The van der Waals surface area contributed by atoms with Gasteiger partial charge in [0, 0.05) is 19.0 Å². The summed E-state index contributed by atoms with van der Waals surface area (Å²) in [5, 5.41) is 0. The van der Waals surface area contributed by atoms with E-state index in [1.165, 1.54) is 26.2 Å². The summed E-state index contributed by atoms with van der Waals surface area (Å²) in [6, 6.07) is 3.32. The van der Waals surface area contributed by atoms with Crippen LogP contribution in [-0.4, -0.2) is 44.7 Å². The summed E-state index contributed by atoms with van der Waals surface area (Å²) >= 11 is 0. The minimum Gasteiger partial charge on any atom is -0.481 e. The molecule has 0 aromatic carbocycles. The molecule has 1 atom stereocenters. The van der Waals surface area contributed by atoms with Gasteiger partial charge >= 0.3 is 5.97 Å². The molecule has 2 rings (SSSR count). The number of hydrogen-bond acceptors (Lipinski definition) is 6. The van der Waals surface area contributed by atoms with Crippen LogP contribution in [0.15, 0.2) is 12.1 Å². The Bertz CT molecular complexity index is 531. The smallest absolute Gasteiger partial charge is 0.311 e. The molecule has 0 radical (unpaired) electrons. The molecule has 1 aliphatic rings. The molecule has 0 aliphatic carbocycles. The van der Waals surface area contributed by atoms with E-state index in [9.17, 15) is 9.59 Å². The van der Waals surface area contributed by atoms with Gasteiger partial charge in [-0.3, -0.25) is 9.59 Å². The molecular formula is C13H16N2O5. The summed E-state index contributed by atoms with van der Waals surface area (Å²) in [5.74, 6) is -0.337. The average Bonchev–Trinajstić information content (AvgIpc) is 2.87. The van der Waals surface area contributed by atoms with Crippen LogP contribution in [0.2, 0.25) is 0 Å². The molecule has 1 aromatic rings. The van der Waals surface area contributed by atoms with Crippen molar-refractivity contribution in [3.63, 3.8) is 0 Å². The topological polar surface area (TPSA) is 78.0 Å². The third kappa shape index (κ3) is 2.52. The van der Waals surface area contributed by atoms with Crippen molar-refractivity contribution in [1.82, 2.24) is 4.98 Å². The van der Waals surface area contributed by atoms with Crippen LogP contribution < -0.4 is 14.4 Å². The number of methoxy groups -OCH3 is 3. The number of aromatic nitrogens is 1. The normalized spacial score (nSPS) is 18.1. The molecule has 1 saturated heterocycles. The van der Waals surface area contributed by atoms with E-state index in [0.29, 0.717) is 11.6 Å². The van der Waals surface area contributed by atoms with E-state index in [0.717, 1.165) is 0 Å². The Morgan fingerprint density at radius 3 is 2.65 bits per heavy atom. The average molecular weight is 280 g/mol. The Hall–Kier alpha value is -2.31. The summed E-state index contributed by atoms with van der Waals surface area (Å²) in [6.07, 6.45) is 0.127. The summed E-state index contributed by atoms with van der Waals surface area (Å²) < 4.78 is 14.9. The first-order valence-corrected chi connectivity index (χ1v) is 6.08. The minimum atomic E-state index is -0.459. The van der Waals surface area contributed by atoms with Gasteiger partial charge < -0.3 is 19.1 Å². The van der Waals surface area contributed by atoms with Crippen molar-refractivity contribution in [3.05, 3.63) is 12.1 Å². The van der Waals surface area contributed by atoms with Gasteiger partial charge in [0.25, 0.3) is 0 Å². The maximum Gasteiger partial charge on any atom is 0.311 e. The predicted molar refractivity (Wildman–Crippen MR) is 69.8 cm³/mol. The summed E-state index contributed by atoms with van der Waals surface area (Å²) in [7, 11) is 4.27. The lowest BCUT2D eigenvalue weighted by molar-refractivity contribution is -0.145. The zero-order valence-corrected chi connectivity index (χ0v) is 11.6. The molecule has 20 heavy (non-hydrogen) atoms. The lowest BCUT2D eigenvalue weighted by Crippen LogP contribution is -2.26. The first-order valence-electron chi connectivity index (χ1n) is 6.08. The zero-order valence-electron chi connectivity index (χ0n) is 11.6. The standard InChI is InChI=1S/C13H16N2O5/c1-18-10-5-4-9(12(14-10)19-2)15-7-8(6-11(15)16)13(17)20-3/h4-5,8H,6-7H2,1-3H3. The van der Waals surface area contributed by atoms with E-state index < -0.39 is 5.92 Å². The van der Waals surface area contributed by atoms with Crippen molar-refractivity contribution in [2.24, 2.45) is 5.92 Å². The first-order chi connectivity index (χ1) is 9.60. The van der Waals surface area contributed by atoms with Gasteiger partial charge in [-0.25, -0.2) is 0 Å². The molecule has 7 heteroatoms. The number of pyridine rings is 1. The minimum absolute atomic E-state index is 0.127. The second-order valence-electron chi connectivity index (χ2n) is 4.31. The number of rotatable bonds is 4. The highest BCUT2D eigenvalue weighted by Gasteiger charge is 2.37. The summed E-state index contributed by atoms with van der Waals surface area (Å²) in [4.78, 5) is 29.2. The maximum absolute atomic E-state index is 12.0. The third-order valence-electron chi connectivity index (χ3n) is 3.17. The molecule has 1 amide bonds. The Kier molecular flexibility index (Phi) is 4.07. The summed E-state index contributed by atoms with van der Waals surface area (Å²) in [5.41, 5.74) is 0.518. The highest BCUT2D eigenvalue weighted by atomic mass is 16.5. The van der Waals surface area contributed by atoms with Crippen molar-refractivity contribution in [2.75, 3.05) is 32.8 Å². The Morgan fingerprint density at radius 1 is 1.30 bits per heavy atom. The van der Waals surface area contributed by atoms with Gasteiger partial charge in [-0.1, -0.05) is 0 Å². The molecular weight excluding hydrogens is 264 g/mol. The SMILES string of the molecule is COC(=O)C1CC(=O)N(c2ccc(OC)nc2OC)C1. The van der Waals surface area contributed by atoms with E-state index in [1.807, 2.05) is 0 Å². The van der Waals surface area contributed by atoms with E-state index in [1.54, 1.807) is 12.1 Å². The van der Waals surface area contributed by atoms with E-state index >= 15 is 0 Å². The van der Waals surface area contributed by atoms with Crippen molar-refractivity contribution >= 4 is 17.6 Å². The number of esters is 1. The molecule has 1 unspecified atom stereocenters. The molecule has 7 nitrogen and oxygen atoms in total. The Balaban J connectivity index is 2.28. The zero-order chi connectivity index (χ0) is 14.7. The number of ether oxygens (including phenoxy) is 3. The molecule has 0 spiro atoms. The molecule has 1 aliphatic heterocycles. The van der Waals surface area contributed by atoms with Crippen LogP contribution in [0.3, 0.4) is 0 Å². The van der Waals surface area contributed by atoms with Crippen LogP contribution in [0, 0.1) is 5.92 Å². The number of amides is 1. The van der Waals surface area contributed by atoms with Gasteiger partial charge in [0.05, 0.1) is 27.2 Å². The number of carbonyl (C=O) groups excluding carboxylic acids is 2. The third-order valence-corrected chi connectivity index (χ3v) is 3.17. The summed E-state index contributed by atoms with van der Waals surface area (Å²) in [6.45, 7) is 0.260. The maximum atomic E-state index is 12.0. The largest absolute Gasteiger partial charge is 0.481 e. The quantitative estimate of drug-likeness (QED) is 0.753. The van der Waals surface area contributed by atoms with Crippen LogP contribution >= 0.6 is 0 Å². The number of carbonyl (C=O) groups is 2. The predicted octanol–water partition coefficient (Wildman–Crippen LogP) is 0.625. The van der Waals surface area contributed by atoms with Gasteiger partial charge in [0.2, 0.25) is 17.7 Å². The second-order valence-corrected chi connectivity index (χ2v) is 4.31. The van der Waals surface area contributed by atoms with Crippen molar-refractivity contribution in [1.29, 1.82) is 0 Å². The van der Waals surface area contributed by atoms with Gasteiger partial charge in [0.1, 0.15) is 5.69 Å². The fourth-order valence-electron chi connectivity index (χ4n) is 2.15. The van der Waals surface area contributed by atoms with Crippen molar-refractivity contribution in [3.8, 4) is 11.8 Å². The molecule has 2 heterocycles. The second kappa shape index (κ2) is 5.77. The van der Waals surface area contributed by atoms with Crippen LogP contribution in [0.1, 0.15) is 6.42 Å². The Labute approximate surface area is 116 Å². The number of nitrogens with zero attached hydrogens (tertiary/aromatic N) is 2. The van der Waals surface area contributed by atoms with Gasteiger partial charge in [-0.2, -0.15) is 4.98 Å². The van der Waals surface area contributed by atoms with E-state index in [4.69, 9.17) is 9.47 Å². The van der Waals surface area contributed by atoms with Crippen LogP contribution in [-0.2, 0) is 14.3 Å². The van der Waals surface area contributed by atoms with E-state index in [-0.39, 0.29) is 30.7 Å². The molecule has 108 valence electrons. The van der Waals surface area contributed by atoms with Gasteiger partial charge in [-0.05, 0) is 6.07 Å². The molecule has 0 saturated carbocycles. The molecule has 0 bridgehead atoms. The van der Waals surface area contributed by atoms with Crippen LogP contribution in [0.5, 0.6) is 11.8 Å². The highest BCUT2D eigenvalue weighted by molar-refractivity contribution is 6.00. The van der Waals surface area contributed by atoms with Crippen molar-refractivity contribution < 1.29 is 23.8 Å². The van der Waals surface area contributed by atoms with Crippen LogP contribution in [0.25, 0.3) is 0 Å². The van der Waals surface area contributed by atoms with Crippen molar-refractivity contribution in [2.45, 2.75) is 6.42 Å². The highest BCUT2D eigenvalue weighted by Crippen LogP contribution is 2.33. The molecule has 1 aromatic heterocycles. The lowest BCUT2D eigenvalue weighted by atomic mass is 10.1. The fraction of sp³-hybridized carbons (Fsp3) is 0.462. The van der Waals surface area contributed by atoms with Gasteiger partial charge in [0.15, 0.2) is 0 Å². The lowest BCUT2D eigenvalue weighted by Gasteiger charge is -2.18. The molecule has 1 fully saturated rings. The first kappa shape index (κ1) is 14.1. The van der Waals surface area contributed by atoms with Gasteiger partial charge in [-0.15, -0.1) is 0 Å². The number of hydrogen-bond donors (Lipinski definition) is 0. The molecule has 0 N–H and O–H groups in total. The Morgan fingerprint density at radius 2 is 2.05 bits per heavy atom.